The van der Waals surface area contributed by atoms with Crippen LogP contribution >= 0.6 is 0 Å². The van der Waals surface area contributed by atoms with E-state index in [4.69, 9.17) is 0 Å². The van der Waals surface area contributed by atoms with E-state index in [0.29, 0.717) is 0 Å². The highest BCUT2D eigenvalue weighted by molar-refractivity contribution is 4.88. The summed E-state index contributed by atoms with van der Waals surface area (Å²) in [6, 6.07) is 0.822. The predicted octanol–water partition coefficient (Wildman–Crippen LogP) is 5.15. The van der Waals surface area contributed by atoms with Crippen molar-refractivity contribution in [2.45, 2.75) is 90.5 Å². The van der Waals surface area contributed by atoms with E-state index in [2.05, 4.69) is 19.2 Å². The van der Waals surface area contributed by atoms with Crippen molar-refractivity contribution >= 4 is 0 Å². The first-order valence-electron chi connectivity index (χ1n) is 9.08. The monoisotopic (exact) mass is 265 g/mol. The largest absolute Gasteiger partial charge is 0.314 e. The van der Waals surface area contributed by atoms with E-state index >= 15 is 0 Å². The van der Waals surface area contributed by atoms with Gasteiger partial charge in [-0.2, -0.15) is 0 Å². The fraction of sp³-hybridized carbons (Fsp3) is 1.00. The number of unbranched alkanes of at least 4 members (excludes halogenated alkanes) is 1. The summed E-state index contributed by atoms with van der Waals surface area (Å²) in [5.74, 6) is 3.17. The van der Waals surface area contributed by atoms with Crippen molar-refractivity contribution in [2.75, 3.05) is 6.54 Å². The van der Waals surface area contributed by atoms with Crippen LogP contribution < -0.4 is 5.32 Å². The Morgan fingerprint density at radius 1 is 0.947 bits per heavy atom. The van der Waals surface area contributed by atoms with Crippen molar-refractivity contribution in [3.05, 3.63) is 0 Å². The first-order chi connectivity index (χ1) is 9.35. The third-order valence-electron chi connectivity index (χ3n) is 5.67. The summed E-state index contributed by atoms with van der Waals surface area (Å²) < 4.78 is 0. The van der Waals surface area contributed by atoms with Crippen molar-refractivity contribution in [1.29, 1.82) is 0 Å². The van der Waals surface area contributed by atoms with Crippen LogP contribution in [0.1, 0.15) is 84.5 Å². The number of hydrogen-bond donors (Lipinski definition) is 1. The number of rotatable bonds is 7. The summed E-state index contributed by atoms with van der Waals surface area (Å²) in [6.45, 7) is 5.84. The van der Waals surface area contributed by atoms with E-state index in [9.17, 15) is 0 Å². The second-order valence-corrected chi connectivity index (χ2v) is 7.08. The molecule has 2 fully saturated rings. The van der Waals surface area contributed by atoms with Crippen molar-refractivity contribution in [3.8, 4) is 0 Å². The molecule has 112 valence electrons. The zero-order chi connectivity index (χ0) is 13.5. The van der Waals surface area contributed by atoms with Crippen molar-refractivity contribution in [1.82, 2.24) is 5.32 Å². The third-order valence-corrected chi connectivity index (χ3v) is 5.67. The molecule has 1 N–H and O–H groups in total. The van der Waals surface area contributed by atoms with Crippen LogP contribution in [0.15, 0.2) is 0 Å². The standard InChI is InChI=1S/C18H35N/c1-3-5-10-18(19-13-4-2)17-12-11-15-8-6-7-9-16(15)14-17/h15-19H,3-14H2,1-2H3. The van der Waals surface area contributed by atoms with Gasteiger partial charge in [0, 0.05) is 6.04 Å². The first kappa shape index (κ1) is 15.4. The van der Waals surface area contributed by atoms with E-state index < -0.39 is 0 Å². The molecule has 2 aliphatic rings. The molecule has 1 heteroatoms. The maximum atomic E-state index is 3.87. The van der Waals surface area contributed by atoms with Gasteiger partial charge in [0.1, 0.15) is 0 Å². The van der Waals surface area contributed by atoms with E-state index in [0.717, 1.165) is 23.8 Å². The summed E-state index contributed by atoms with van der Waals surface area (Å²) in [5.41, 5.74) is 0. The molecule has 19 heavy (non-hydrogen) atoms. The Morgan fingerprint density at radius 2 is 1.74 bits per heavy atom. The smallest absolute Gasteiger partial charge is 0.00954 e. The van der Waals surface area contributed by atoms with Crippen LogP contribution in [0.4, 0.5) is 0 Å². The molecule has 0 bridgehead atoms. The van der Waals surface area contributed by atoms with E-state index in [-0.39, 0.29) is 0 Å². The lowest BCUT2D eigenvalue weighted by Gasteiger charge is -2.42. The molecule has 0 aromatic carbocycles. The van der Waals surface area contributed by atoms with Gasteiger partial charge in [-0.15, -0.1) is 0 Å². The molecule has 2 aliphatic carbocycles. The highest BCUT2D eigenvalue weighted by atomic mass is 14.9. The topological polar surface area (TPSA) is 12.0 Å². The molecule has 1 nitrogen and oxygen atoms in total. The predicted molar refractivity (Wildman–Crippen MR) is 84.4 cm³/mol. The van der Waals surface area contributed by atoms with Crippen LogP contribution in [0.5, 0.6) is 0 Å². The molecule has 0 aromatic heterocycles. The Balaban J connectivity index is 1.85. The summed E-state index contributed by atoms with van der Waals surface area (Å²) >= 11 is 0. The van der Waals surface area contributed by atoms with Crippen molar-refractivity contribution < 1.29 is 0 Å². The summed E-state index contributed by atoms with van der Waals surface area (Å²) in [4.78, 5) is 0. The Labute approximate surface area is 120 Å². The zero-order valence-electron chi connectivity index (χ0n) is 13.3. The van der Waals surface area contributed by atoms with E-state index in [1.54, 1.807) is 6.42 Å². The molecular weight excluding hydrogens is 230 g/mol. The molecule has 0 aromatic rings. The van der Waals surface area contributed by atoms with Gasteiger partial charge >= 0.3 is 0 Å². The van der Waals surface area contributed by atoms with Gasteiger partial charge in [-0.25, -0.2) is 0 Å². The maximum absolute atomic E-state index is 3.87. The van der Waals surface area contributed by atoms with Gasteiger partial charge in [0.2, 0.25) is 0 Å². The molecule has 2 rings (SSSR count). The molecule has 0 heterocycles. The normalized spacial score (nSPS) is 32.8. The van der Waals surface area contributed by atoms with Crippen LogP contribution in [0.25, 0.3) is 0 Å². The number of fused-ring (bicyclic) bond motifs is 1. The highest BCUT2D eigenvalue weighted by Gasteiger charge is 2.34. The number of hydrogen-bond acceptors (Lipinski definition) is 1. The van der Waals surface area contributed by atoms with Crippen molar-refractivity contribution in [2.24, 2.45) is 17.8 Å². The Morgan fingerprint density at radius 3 is 2.47 bits per heavy atom. The van der Waals surface area contributed by atoms with Gasteiger partial charge < -0.3 is 5.32 Å². The van der Waals surface area contributed by atoms with E-state index in [1.807, 2.05) is 0 Å². The van der Waals surface area contributed by atoms with Gasteiger partial charge in [0.05, 0.1) is 0 Å². The average molecular weight is 265 g/mol. The second-order valence-electron chi connectivity index (χ2n) is 7.08. The Bertz CT molecular complexity index is 230. The Kier molecular flexibility index (Phi) is 6.70. The van der Waals surface area contributed by atoms with E-state index in [1.165, 1.54) is 70.8 Å². The van der Waals surface area contributed by atoms with Crippen LogP contribution in [-0.2, 0) is 0 Å². The highest BCUT2D eigenvalue weighted by Crippen LogP contribution is 2.44. The molecule has 4 atom stereocenters. The molecule has 0 aliphatic heterocycles. The molecule has 0 radical (unpaired) electrons. The minimum atomic E-state index is 0.822. The van der Waals surface area contributed by atoms with Gasteiger partial charge in [-0.3, -0.25) is 0 Å². The molecular formula is C18H35N. The minimum absolute atomic E-state index is 0.822. The van der Waals surface area contributed by atoms with Crippen LogP contribution in [0.2, 0.25) is 0 Å². The van der Waals surface area contributed by atoms with Gasteiger partial charge in [-0.05, 0) is 56.4 Å². The third kappa shape index (κ3) is 4.48. The van der Waals surface area contributed by atoms with Crippen molar-refractivity contribution in [3.63, 3.8) is 0 Å². The molecule has 0 spiro atoms. The summed E-state index contributed by atoms with van der Waals surface area (Å²) in [6.07, 6.45) is 16.1. The second kappa shape index (κ2) is 8.29. The van der Waals surface area contributed by atoms with Crippen LogP contribution in [0, 0.1) is 17.8 Å². The lowest BCUT2D eigenvalue weighted by molar-refractivity contribution is 0.106. The molecule has 0 saturated heterocycles. The van der Waals surface area contributed by atoms with Gasteiger partial charge in [0.25, 0.3) is 0 Å². The zero-order valence-corrected chi connectivity index (χ0v) is 13.3. The Hall–Kier alpha value is -0.0400. The van der Waals surface area contributed by atoms with Crippen LogP contribution in [-0.4, -0.2) is 12.6 Å². The van der Waals surface area contributed by atoms with Crippen LogP contribution in [0.3, 0.4) is 0 Å². The fourth-order valence-electron chi connectivity index (χ4n) is 4.53. The SMILES string of the molecule is CCCCC(NCCC)C1CCC2CCCCC2C1. The maximum Gasteiger partial charge on any atom is 0.00954 e. The quantitative estimate of drug-likeness (QED) is 0.671. The molecule has 4 unspecified atom stereocenters. The first-order valence-corrected chi connectivity index (χ1v) is 9.08. The average Bonchev–Trinajstić information content (AvgIpc) is 2.47. The summed E-state index contributed by atoms with van der Waals surface area (Å²) in [5, 5.41) is 3.87. The van der Waals surface area contributed by atoms with Gasteiger partial charge in [-0.1, -0.05) is 52.4 Å². The molecule has 2 saturated carbocycles. The molecule has 0 amide bonds. The minimum Gasteiger partial charge on any atom is -0.314 e. The lowest BCUT2D eigenvalue weighted by Crippen LogP contribution is -2.41. The lowest BCUT2D eigenvalue weighted by atomic mass is 9.65. The number of nitrogens with one attached hydrogen (secondary N) is 1. The fourth-order valence-corrected chi connectivity index (χ4v) is 4.53. The van der Waals surface area contributed by atoms with Gasteiger partial charge in [0.15, 0.2) is 0 Å². The summed E-state index contributed by atoms with van der Waals surface area (Å²) in [7, 11) is 0.